The lowest BCUT2D eigenvalue weighted by Crippen LogP contribution is -2.52. The number of nitrogens with zero attached hydrogens (tertiary/aromatic N) is 3. The van der Waals surface area contributed by atoms with Gasteiger partial charge in [-0.15, -0.1) is 0 Å². The number of phenolic OH excluding ortho intramolecular Hbond substituents is 2. The van der Waals surface area contributed by atoms with E-state index in [0.29, 0.717) is 32.7 Å². The highest BCUT2D eigenvalue weighted by molar-refractivity contribution is 5.95. The van der Waals surface area contributed by atoms with Crippen molar-refractivity contribution in [1.29, 1.82) is 0 Å². The van der Waals surface area contributed by atoms with E-state index in [1.807, 2.05) is 13.8 Å². The van der Waals surface area contributed by atoms with Gasteiger partial charge in [-0.25, -0.2) is 0 Å². The van der Waals surface area contributed by atoms with Gasteiger partial charge in [-0.2, -0.15) is 0 Å². The van der Waals surface area contributed by atoms with Crippen LogP contribution >= 0.6 is 0 Å². The number of phenols is 2. The number of hydrogen-bond donors (Lipinski definition) is 2. The second-order valence-electron chi connectivity index (χ2n) is 7.40. The Balaban J connectivity index is 1.58. The molecule has 0 radical (unpaired) electrons. The summed E-state index contributed by atoms with van der Waals surface area (Å²) < 4.78 is 0. The van der Waals surface area contributed by atoms with E-state index in [0.717, 1.165) is 6.07 Å². The standard InChI is InChI=1S/C19H25N3O5/c1-12(2)22-11-14(9-17(22)25)19(27)21-5-3-20(4-6-21)18(26)13-7-15(23)10-16(24)8-13/h7-8,10,12,14,23-24H,3-6,9,11H2,1-2H3. The molecule has 0 aliphatic carbocycles. The molecular weight excluding hydrogens is 350 g/mol. The van der Waals surface area contributed by atoms with Gasteiger partial charge in [0.2, 0.25) is 11.8 Å². The van der Waals surface area contributed by atoms with Crippen molar-refractivity contribution in [3.63, 3.8) is 0 Å². The third-order valence-corrected chi connectivity index (χ3v) is 5.16. The van der Waals surface area contributed by atoms with Crippen LogP contribution in [-0.2, 0) is 9.59 Å². The van der Waals surface area contributed by atoms with E-state index in [4.69, 9.17) is 0 Å². The Morgan fingerprint density at radius 2 is 1.56 bits per heavy atom. The van der Waals surface area contributed by atoms with Crippen LogP contribution in [0.4, 0.5) is 0 Å². The van der Waals surface area contributed by atoms with Crippen LogP contribution in [0.1, 0.15) is 30.6 Å². The molecule has 1 atom stereocenters. The van der Waals surface area contributed by atoms with Gasteiger partial charge in [-0.05, 0) is 26.0 Å². The monoisotopic (exact) mass is 375 g/mol. The minimum absolute atomic E-state index is 0.0147. The average Bonchev–Trinajstić information content (AvgIpc) is 3.02. The Morgan fingerprint density at radius 3 is 2.07 bits per heavy atom. The predicted molar refractivity (Wildman–Crippen MR) is 97.2 cm³/mol. The number of rotatable bonds is 3. The zero-order chi connectivity index (χ0) is 19.7. The number of likely N-dealkylation sites (tertiary alicyclic amines) is 1. The fraction of sp³-hybridized carbons (Fsp3) is 0.526. The van der Waals surface area contributed by atoms with Crippen LogP contribution in [0.15, 0.2) is 18.2 Å². The average molecular weight is 375 g/mol. The summed E-state index contributed by atoms with van der Waals surface area (Å²) in [7, 11) is 0. The van der Waals surface area contributed by atoms with Crippen molar-refractivity contribution in [2.45, 2.75) is 26.3 Å². The van der Waals surface area contributed by atoms with Crippen LogP contribution < -0.4 is 0 Å². The Morgan fingerprint density at radius 1 is 1.00 bits per heavy atom. The van der Waals surface area contributed by atoms with E-state index in [1.165, 1.54) is 12.1 Å². The number of carbonyl (C=O) groups is 3. The summed E-state index contributed by atoms with van der Waals surface area (Å²) in [5.74, 6) is -0.976. The van der Waals surface area contributed by atoms with E-state index in [1.54, 1.807) is 14.7 Å². The first-order chi connectivity index (χ1) is 12.8. The summed E-state index contributed by atoms with van der Waals surface area (Å²) >= 11 is 0. The molecule has 3 rings (SSSR count). The van der Waals surface area contributed by atoms with Crippen molar-refractivity contribution in [1.82, 2.24) is 14.7 Å². The maximum Gasteiger partial charge on any atom is 0.254 e. The van der Waals surface area contributed by atoms with Gasteiger partial charge in [-0.1, -0.05) is 0 Å². The fourth-order valence-electron chi connectivity index (χ4n) is 3.69. The number of piperazine rings is 1. The van der Waals surface area contributed by atoms with E-state index in [-0.39, 0.29) is 53.2 Å². The Kier molecular flexibility index (Phi) is 5.25. The highest BCUT2D eigenvalue weighted by atomic mass is 16.3. The Labute approximate surface area is 158 Å². The summed E-state index contributed by atoms with van der Waals surface area (Å²) in [5, 5.41) is 19.1. The maximum absolute atomic E-state index is 12.7. The van der Waals surface area contributed by atoms with Gasteiger partial charge in [0.05, 0.1) is 5.92 Å². The van der Waals surface area contributed by atoms with E-state index < -0.39 is 0 Å². The van der Waals surface area contributed by atoms with Gasteiger partial charge < -0.3 is 24.9 Å². The first-order valence-electron chi connectivity index (χ1n) is 9.17. The van der Waals surface area contributed by atoms with Crippen molar-refractivity contribution in [2.24, 2.45) is 5.92 Å². The van der Waals surface area contributed by atoms with Crippen molar-refractivity contribution >= 4 is 17.7 Å². The SMILES string of the molecule is CC(C)N1CC(C(=O)N2CCN(C(=O)c3cc(O)cc(O)c3)CC2)CC1=O. The largest absolute Gasteiger partial charge is 0.508 e. The third kappa shape index (κ3) is 3.99. The van der Waals surface area contributed by atoms with Crippen molar-refractivity contribution in [3.8, 4) is 11.5 Å². The van der Waals surface area contributed by atoms with Crippen molar-refractivity contribution in [3.05, 3.63) is 23.8 Å². The smallest absolute Gasteiger partial charge is 0.254 e. The molecule has 0 spiro atoms. The van der Waals surface area contributed by atoms with Crippen LogP contribution in [0.2, 0.25) is 0 Å². The zero-order valence-electron chi connectivity index (χ0n) is 15.6. The number of benzene rings is 1. The molecule has 0 aromatic heterocycles. The first kappa shape index (κ1) is 19.0. The second kappa shape index (κ2) is 7.46. The van der Waals surface area contributed by atoms with Crippen molar-refractivity contribution in [2.75, 3.05) is 32.7 Å². The lowest BCUT2D eigenvalue weighted by molar-refractivity contribution is -0.137. The summed E-state index contributed by atoms with van der Waals surface area (Å²) in [6, 6.07) is 3.87. The molecule has 146 valence electrons. The summed E-state index contributed by atoms with van der Waals surface area (Å²) in [4.78, 5) is 42.3. The van der Waals surface area contributed by atoms with E-state index >= 15 is 0 Å². The molecule has 2 heterocycles. The number of hydrogen-bond acceptors (Lipinski definition) is 5. The third-order valence-electron chi connectivity index (χ3n) is 5.16. The lowest BCUT2D eigenvalue weighted by atomic mass is 10.1. The van der Waals surface area contributed by atoms with Gasteiger partial charge >= 0.3 is 0 Å². The molecular formula is C19H25N3O5. The molecule has 1 aromatic carbocycles. The molecule has 27 heavy (non-hydrogen) atoms. The highest BCUT2D eigenvalue weighted by Gasteiger charge is 2.38. The molecule has 2 N–H and O–H groups in total. The van der Waals surface area contributed by atoms with Crippen LogP contribution in [0.25, 0.3) is 0 Å². The number of amides is 3. The van der Waals surface area contributed by atoms with Crippen molar-refractivity contribution < 1.29 is 24.6 Å². The van der Waals surface area contributed by atoms with Gasteiger partial charge in [0.15, 0.2) is 0 Å². The quantitative estimate of drug-likeness (QED) is 0.807. The normalized spacial score (nSPS) is 20.5. The molecule has 8 nitrogen and oxygen atoms in total. The van der Waals surface area contributed by atoms with Crippen LogP contribution in [-0.4, -0.2) is 81.4 Å². The highest BCUT2D eigenvalue weighted by Crippen LogP contribution is 2.24. The van der Waals surface area contributed by atoms with Gasteiger partial charge in [0.25, 0.3) is 5.91 Å². The summed E-state index contributed by atoms with van der Waals surface area (Å²) in [6.45, 7) is 5.88. The summed E-state index contributed by atoms with van der Waals surface area (Å²) in [6.07, 6.45) is 0.249. The Hall–Kier alpha value is -2.77. The molecule has 3 amide bonds. The minimum Gasteiger partial charge on any atom is -0.508 e. The molecule has 1 aromatic rings. The predicted octanol–water partition coefficient (Wildman–Crippen LogP) is 0.639. The number of aromatic hydroxyl groups is 2. The second-order valence-corrected chi connectivity index (χ2v) is 7.40. The first-order valence-corrected chi connectivity index (χ1v) is 9.17. The Bertz CT molecular complexity index is 735. The molecule has 8 heteroatoms. The minimum atomic E-state index is -0.315. The molecule has 2 fully saturated rings. The molecule has 0 saturated carbocycles. The van der Waals surface area contributed by atoms with Crippen LogP contribution in [0.3, 0.4) is 0 Å². The molecule has 2 aliphatic heterocycles. The number of carbonyl (C=O) groups excluding carboxylic acids is 3. The van der Waals surface area contributed by atoms with Gasteiger partial charge in [0.1, 0.15) is 11.5 Å². The van der Waals surface area contributed by atoms with E-state index in [9.17, 15) is 24.6 Å². The molecule has 0 bridgehead atoms. The van der Waals surface area contributed by atoms with Crippen LogP contribution in [0.5, 0.6) is 11.5 Å². The fourth-order valence-corrected chi connectivity index (χ4v) is 3.69. The van der Waals surface area contributed by atoms with Gasteiger partial charge in [-0.3, -0.25) is 14.4 Å². The topological polar surface area (TPSA) is 101 Å². The molecule has 2 saturated heterocycles. The maximum atomic E-state index is 12.7. The summed E-state index contributed by atoms with van der Waals surface area (Å²) in [5.41, 5.74) is 0.209. The van der Waals surface area contributed by atoms with Crippen LogP contribution in [0, 0.1) is 5.92 Å². The molecule has 2 aliphatic rings. The van der Waals surface area contributed by atoms with E-state index in [2.05, 4.69) is 0 Å². The zero-order valence-corrected chi connectivity index (χ0v) is 15.6. The van der Waals surface area contributed by atoms with Gasteiger partial charge in [0, 0.05) is 56.8 Å². The molecule has 1 unspecified atom stereocenters. The lowest BCUT2D eigenvalue weighted by Gasteiger charge is -2.36.